The minimum atomic E-state index is -0.873. The summed E-state index contributed by atoms with van der Waals surface area (Å²) >= 11 is 0. The quantitative estimate of drug-likeness (QED) is 0.716. The highest BCUT2D eigenvalue weighted by Crippen LogP contribution is 2.41. The summed E-state index contributed by atoms with van der Waals surface area (Å²) in [5.41, 5.74) is 1.66. The van der Waals surface area contributed by atoms with Crippen molar-refractivity contribution in [2.24, 2.45) is 4.99 Å². The Morgan fingerprint density at radius 2 is 1.85 bits per heavy atom. The minimum absolute atomic E-state index is 0.0667. The summed E-state index contributed by atoms with van der Waals surface area (Å²) in [6, 6.07) is 0. The molecule has 0 amide bonds. The van der Waals surface area contributed by atoms with Crippen molar-refractivity contribution < 1.29 is 20.1 Å². The van der Waals surface area contributed by atoms with E-state index in [-0.39, 0.29) is 18.1 Å². The SMILES string of the molecule is CC[C@H]1OC(CC2CC=Nc3c2ncnc3N2CCC(O)CC2)[C@H](O)[C@@H]1O. The van der Waals surface area contributed by atoms with E-state index in [0.29, 0.717) is 12.8 Å². The van der Waals surface area contributed by atoms with Crippen LogP contribution < -0.4 is 4.90 Å². The Hall–Kier alpha value is -1.61. The number of fused-ring (bicyclic) bond motifs is 1. The highest BCUT2D eigenvalue weighted by atomic mass is 16.5. The van der Waals surface area contributed by atoms with Crippen LogP contribution in [0.15, 0.2) is 11.3 Å². The Bertz CT molecular complexity index is 692. The molecule has 8 heteroatoms. The number of nitrogens with zero attached hydrogens (tertiary/aromatic N) is 4. The number of rotatable bonds is 4. The van der Waals surface area contributed by atoms with Gasteiger partial charge in [-0.2, -0.15) is 0 Å². The lowest BCUT2D eigenvalue weighted by Gasteiger charge is -2.32. The molecule has 148 valence electrons. The standard InChI is InChI=1S/C19H28N4O4/c1-2-13-17(25)18(26)14(27-13)9-11-3-6-20-16-15(11)21-10-22-19(16)23-7-4-12(24)5-8-23/h6,10-14,17-18,24-26H,2-5,7-9H2,1H3/t11?,13-,14?,17-,18+/m1/s1. The minimum Gasteiger partial charge on any atom is -0.393 e. The fraction of sp³-hybridized carbons (Fsp3) is 0.737. The molecule has 2 saturated heterocycles. The molecule has 0 saturated carbocycles. The molecule has 3 aliphatic rings. The molecule has 4 heterocycles. The number of hydrogen-bond acceptors (Lipinski definition) is 8. The first-order chi connectivity index (χ1) is 13.1. The number of anilines is 1. The van der Waals surface area contributed by atoms with Gasteiger partial charge in [0, 0.05) is 25.2 Å². The number of hydrogen-bond donors (Lipinski definition) is 3. The Morgan fingerprint density at radius 3 is 2.56 bits per heavy atom. The summed E-state index contributed by atoms with van der Waals surface area (Å²) in [5, 5.41) is 30.2. The van der Waals surface area contributed by atoms with Gasteiger partial charge >= 0.3 is 0 Å². The van der Waals surface area contributed by atoms with Crippen LogP contribution in [0, 0.1) is 0 Å². The normalized spacial score (nSPS) is 34.1. The molecular formula is C19H28N4O4. The van der Waals surface area contributed by atoms with Gasteiger partial charge in [0.25, 0.3) is 0 Å². The fourth-order valence-electron chi connectivity index (χ4n) is 4.34. The summed E-state index contributed by atoms with van der Waals surface area (Å²) in [7, 11) is 0. The highest BCUT2D eigenvalue weighted by Gasteiger charge is 2.43. The zero-order valence-electron chi connectivity index (χ0n) is 15.6. The first-order valence-electron chi connectivity index (χ1n) is 9.90. The van der Waals surface area contributed by atoms with E-state index in [2.05, 4.69) is 19.9 Å². The average Bonchev–Trinajstić information content (AvgIpc) is 2.96. The molecule has 5 atom stereocenters. The van der Waals surface area contributed by atoms with Crippen LogP contribution in [0.25, 0.3) is 0 Å². The molecule has 4 rings (SSSR count). The van der Waals surface area contributed by atoms with Crippen LogP contribution in [0.5, 0.6) is 0 Å². The molecule has 3 N–H and O–H groups in total. The van der Waals surface area contributed by atoms with Crippen molar-refractivity contribution in [1.82, 2.24) is 9.97 Å². The highest BCUT2D eigenvalue weighted by molar-refractivity contribution is 5.76. The van der Waals surface area contributed by atoms with Crippen molar-refractivity contribution in [3.05, 3.63) is 12.0 Å². The van der Waals surface area contributed by atoms with Gasteiger partial charge in [-0.05, 0) is 32.1 Å². The predicted molar refractivity (Wildman–Crippen MR) is 101 cm³/mol. The molecule has 1 aromatic heterocycles. The zero-order chi connectivity index (χ0) is 19.0. The maximum absolute atomic E-state index is 10.3. The van der Waals surface area contributed by atoms with Crippen molar-refractivity contribution >= 4 is 17.7 Å². The van der Waals surface area contributed by atoms with Crippen molar-refractivity contribution in [3.63, 3.8) is 0 Å². The lowest BCUT2D eigenvalue weighted by Crippen LogP contribution is -2.36. The van der Waals surface area contributed by atoms with Gasteiger partial charge in [-0.15, -0.1) is 0 Å². The van der Waals surface area contributed by atoms with Crippen molar-refractivity contribution in [1.29, 1.82) is 0 Å². The second-order valence-electron chi connectivity index (χ2n) is 7.73. The number of aromatic nitrogens is 2. The number of aliphatic hydroxyl groups is 3. The van der Waals surface area contributed by atoms with E-state index in [1.807, 2.05) is 13.1 Å². The monoisotopic (exact) mass is 376 g/mol. The van der Waals surface area contributed by atoms with Gasteiger partial charge in [-0.1, -0.05) is 6.92 Å². The maximum atomic E-state index is 10.3. The molecule has 2 unspecified atom stereocenters. The molecule has 27 heavy (non-hydrogen) atoms. The molecule has 8 nitrogen and oxygen atoms in total. The van der Waals surface area contributed by atoms with Crippen LogP contribution in [0.1, 0.15) is 50.6 Å². The first kappa shape index (κ1) is 18.7. The third-order valence-electron chi connectivity index (χ3n) is 5.97. The van der Waals surface area contributed by atoms with Gasteiger partial charge in [0.1, 0.15) is 24.2 Å². The van der Waals surface area contributed by atoms with Crippen molar-refractivity contribution in [2.45, 2.75) is 75.5 Å². The summed E-state index contributed by atoms with van der Waals surface area (Å²) in [6.07, 6.45) is 4.22. The van der Waals surface area contributed by atoms with Crippen LogP contribution >= 0.6 is 0 Å². The van der Waals surface area contributed by atoms with Crippen molar-refractivity contribution in [2.75, 3.05) is 18.0 Å². The fourth-order valence-corrected chi connectivity index (χ4v) is 4.34. The predicted octanol–water partition coefficient (Wildman–Crippen LogP) is 0.917. The number of piperidine rings is 1. The molecule has 3 aliphatic heterocycles. The topological polar surface area (TPSA) is 111 Å². The van der Waals surface area contributed by atoms with Gasteiger partial charge in [-0.3, -0.25) is 4.99 Å². The third-order valence-corrected chi connectivity index (χ3v) is 5.97. The Labute approximate surface area is 158 Å². The Morgan fingerprint density at radius 1 is 1.11 bits per heavy atom. The van der Waals surface area contributed by atoms with E-state index in [1.54, 1.807) is 6.33 Å². The Kier molecular flexibility index (Phi) is 5.41. The molecule has 0 aromatic carbocycles. The van der Waals surface area contributed by atoms with Crippen LogP contribution in [0.3, 0.4) is 0 Å². The van der Waals surface area contributed by atoms with Gasteiger partial charge in [0.15, 0.2) is 5.82 Å². The van der Waals surface area contributed by atoms with E-state index in [0.717, 1.165) is 49.6 Å². The largest absolute Gasteiger partial charge is 0.393 e. The van der Waals surface area contributed by atoms with Gasteiger partial charge in [0.2, 0.25) is 0 Å². The van der Waals surface area contributed by atoms with E-state index in [4.69, 9.17) is 4.74 Å². The van der Waals surface area contributed by atoms with Gasteiger partial charge in [-0.25, -0.2) is 9.97 Å². The van der Waals surface area contributed by atoms with Gasteiger partial charge in [0.05, 0.1) is 24.0 Å². The van der Waals surface area contributed by atoms with E-state index < -0.39 is 18.3 Å². The smallest absolute Gasteiger partial charge is 0.158 e. The number of aliphatic imine (C=N–C) groups is 1. The van der Waals surface area contributed by atoms with Crippen LogP contribution in [-0.4, -0.2) is 75.1 Å². The molecular weight excluding hydrogens is 348 g/mol. The average molecular weight is 376 g/mol. The third kappa shape index (κ3) is 3.59. The molecule has 0 bridgehead atoms. The molecule has 2 fully saturated rings. The summed E-state index contributed by atoms with van der Waals surface area (Å²) in [6.45, 7) is 3.44. The van der Waals surface area contributed by atoms with E-state index >= 15 is 0 Å². The van der Waals surface area contributed by atoms with E-state index in [1.165, 1.54) is 0 Å². The van der Waals surface area contributed by atoms with Crippen molar-refractivity contribution in [3.8, 4) is 0 Å². The first-order valence-corrected chi connectivity index (χ1v) is 9.90. The summed E-state index contributed by atoms with van der Waals surface area (Å²) in [4.78, 5) is 15.7. The second kappa shape index (κ2) is 7.79. The zero-order valence-corrected chi connectivity index (χ0v) is 15.6. The molecule has 0 aliphatic carbocycles. The van der Waals surface area contributed by atoms with Crippen LogP contribution in [0.4, 0.5) is 11.5 Å². The molecule has 0 radical (unpaired) electrons. The summed E-state index contributed by atoms with van der Waals surface area (Å²) in [5.74, 6) is 0.879. The summed E-state index contributed by atoms with van der Waals surface area (Å²) < 4.78 is 5.89. The van der Waals surface area contributed by atoms with Crippen LogP contribution in [0.2, 0.25) is 0 Å². The Balaban J connectivity index is 1.54. The van der Waals surface area contributed by atoms with E-state index in [9.17, 15) is 15.3 Å². The number of ether oxygens (including phenoxy) is 1. The second-order valence-corrected chi connectivity index (χ2v) is 7.73. The molecule has 0 spiro atoms. The van der Waals surface area contributed by atoms with Gasteiger partial charge < -0.3 is 25.0 Å². The lowest BCUT2D eigenvalue weighted by molar-refractivity contribution is -0.000666. The maximum Gasteiger partial charge on any atom is 0.158 e. The number of aliphatic hydroxyl groups excluding tert-OH is 3. The molecule has 1 aromatic rings. The van der Waals surface area contributed by atoms with Crippen LogP contribution in [-0.2, 0) is 4.74 Å². The lowest BCUT2D eigenvalue weighted by atomic mass is 9.89.